The average molecular weight is 341 g/mol. The Morgan fingerprint density at radius 2 is 2.00 bits per heavy atom. The molecular formula is C15H27N5O4. The highest BCUT2D eigenvalue weighted by molar-refractivity contribution is 5.88. The van der Waals surface area contributed by atoms with E-state index in [1.54, 1.807) is 44.8 Å². The number of carbonyl (C=O) groups excluding carboxylic acids is 2. The third-order valence-electron chi connectivity index (χ3n) is 2.86. The molecule has 0 aliphatic carbocycles. The molecular weight excluding hydrogens is 314 g/mol. The highest BCUT2D eigenvalue weighted by atomic mass is 16.7. The van der Waals surface area contributed by atoms with E-state index in [9.17, 15) is 9.59 Å². The molecule has 0 aromatic carbocycles. The number of hydrogen-bond donors (Lipinski definition) is 3. The fourth-order valence-corrected chi connectivity index (χ4v) is 1.67. The molecule has 0 aliphatic heterocycles. The van der Waals surface area contributed by atoms with E-state index in [2.05, 4.69) is 21.2 Å². The number of urea groups is 1. The van der Waals surface area contributed by atoms with Crippen molar-refractivity contribution >= 4 is 17.9 Å². The summed E-state index contributed by atoms with van der Waals surface area (Å²) < 4.78 is 6.67. The molecule has 0 saturated carbocycles. The van der Waals surface area contributed by atoms with E-state index < -0.39 is 23.8 Å². The van der Waals surface area contributed by atoms with Crippen LogP contribution in [0.4, 0.5) is 15.4 Å². The number of hydrogen-bond acceptors (Lipinski definition) is 5. The fourth-order valence-electron chi connectivity index (χ4n) is 1.67. The summed E-state index contributed by atoms with van der Waals surface area (Å²) in [4.78, 5) is 28.8. The van der Waals surface area contributed by atoms with Gasteiger partial charge >= 0.3 is 12.1 Å². The standard InChI is InChI=1S/C15H27N5O4/c1-10(2)11(24-19-14(22)23-15(3,4)5)9-16-13(21)17-12-7-8-20(6)18-12/h7-8,10-11H,9H2,1-6H3,(H,19,22)(H2,16,17,18,21)/t11-/m0/s1. The molecule has 0 fully saturated rings. The number of amides is 3. The van der Waals surface area contributed by atoms with Crippen LogP contribution in [-0.2, 0) is 16.6 Å². The van der Waals surface area contributed by atoms with Crippen LogP contribution < -0.4 is 16.1 Å². The summed E-state index contributed by atoms with van der Waals surface area (Å²) in [5.41, 5.74) is 1.64. The molecule has 1 aromatic rings. The van der Waals surface area contributed by atoms with Crippen LogP contribution in [0.3, 0.4) is 0 Å². The second-order valence-corrected chi connectivity index (χ2v) is 6.71. The minimum atomic E-state index is -0.675. The number of hydroxylamine groups is 1. The van der Waals surface area contributed by atoms with Gasteiger partial charge in [0.15, 0.2) is 5.82 Å². The zero-order valence-electron chi connectivity index (χ0n) is 15.0. The first-order valence-corrected chi connectivity index (χ1v) is 7.76. The maximum atomic E-state index is 11.8. The predicted octanol–water partition coefficient (Wildman–Crippen LogP) is 2.02. The Morgan fingerprint density at radius 3 is 2.50 bits per heavy atom. The quantitative estimate of drug-likeness (QED) is 0.686. The van der Waals surface area contributed by atoms with E-state index in [1.165, 1.54) is 0 Å². The smallest absolute Gasteiger partial charge is 0.431 e. The van der Waals surface area contributed by atoms with Crippen molar-refractivity contribution in [3.05, 3.63) is 12.3 Å². The normalized spacial score (nSPS) is 12.6. The van der Waals surface area contributed by atoms with Crippen LogP contribution in [0.2, 0.25) is 0 Å². The van der Waals surface area contributed by atoms with Crippen molar-refractivity contribution in [3.63, 3.8) is 0 Å². The second-order valence-electron chi connectivity index (χ2n) is 6.71. The number of ether oxygens (including phenoxy) is 1. The number of aromatic nitrogens is 2. The molecule has 9 nitrogen and oxygen atoms in total. The lowest BCUT2D eigenvalue weighted by Crippen LogP contribution is -2.43. The number of anilines is 1. The summed E-state index contributed by atoms with van der Waals surface area (Å²) in [5, 5.41) is 9.33. The topological polar surface area (TPSA) is 107 Å². The van der Waals surface area contributed by atoms with Crippen molar-refractivity contribution in [1.29, 1.82) is 0 Å². The van der Waals surface area contributed by atoms with Gasteiger partial charge in [-0.1, -0.05) is 13.8 Å². The van der Waals surface area contributed by atoms with Gasteiger partial charge in [0.05, 0.1) is 0 Å². The molecule has 0 unspecified atom stereocenters. The molecule has 136 valence electrons. The molecule has 1 atom stereocenters. The lowest BCUT2D eigenvalue weighted by atomic mass is 10.1. The monoisotopic (exact) mass is 341 g/mol. The van der Waals surface area contributed by atoms with Gasteiger partial charge in [0, 0.05) is 25.9 Å². The predicted molar refractivity (Wildman–Crippen MR) is 89.3 cm³/mol. The van der Waals surface area contributed by atoms with Crippen LogP contribution in [-0.4, -0.2) is 40.2 Å². The largest absolute Gasteiger partial charge is 0.442 e. The third kappa shape index (κ3) is 7.82. The van der Waals surface area contributed by atoms with Gasteiger partial charge < -0.3 is 10.1 Å². The lowest BCUT2D eigenvalue weighted by Gasteiger charge is -2.23. The number of carbonyl (C=O) groups is 2. The van der Waals surface area contributed by atoms with Gasteiger partial charge in [-0.25, -0.2) is 9.59 Å². The zero-order chi connectivity index (χ0) is 18.3. The van der Waals surface area contributed by atoms with Crippen LogP contribution in [0, 0.1) is 5.92 Å². The van der Waals surface area contributed by atoms with Gasteiger partial charge in [0.2, 0.25) is 0 Å². The first-order valence-electron chi connectivity index (χ1n) is 7.76. The molecule has 3 amide bonds. The van der Waals surface area contributed by atoms with Gasteiger partial charge in [-0.3, -0.25) is 14.8 Å². The third-order valence-corrected chi connectivity index (χ3v) is 2.86. The van der Waals surface area contributed by atoms with E-state index in [0.717, 1.165) is 0 Å². The molecule has 9 heteroatoms. The van der Waals surface area contributed by atoms with Gasteiger partial charge in [0.1, 0.15) is 11.7 Å². The Hall–Kier alpha value is -2.29. The minimum Gasteiger partial charge on any atom is -0.442 e. The Morgan fingerprint density at radius 1 is 1.33 bits per heavy atom. The molecule has 0 radical (unpaired) electrons. The summed E-state index contributed by atoms with van der Waals surface area (Å²) in [7, 11) is 1.76. The van der Waals surface area contributed by atoms with Gasteiger partial charge in [0.25, 0.3) is 0 Å². The van der Waals surface area contributed by atoms with Gasteiger partial charge in [-0.05, 0) is 26.7 Å². The maximum absolute atomic E-state index is 11.8. The number of rotatable bonds is 6. The van der Waals surface area contributed by atoms with Crippen molar-refractivity contribution < 1.29 is 19.2 Å². The highest BCUT2D eigenvalue weighted by Crippen LogP contribution is 2.08. The molecule has 0 spiro atoms. The van der Waals surface area contributed by atoms with Gasteiger partial charge in [-0.15, -0.1) is 0 Å². The second kappa shape index (κ2) is 8.53. The van der Waals surface area contributed by atoms with Crippen LogP contribution in [0.25, 0.3) is 0 Å². The molecule has 0 bridgehead atoms. The van der Waals surface area contributed by atoms with E-state index >= 15 is 0 Å². The molecule has 1 rings (SSSR count). The van der Waals surface area contributed by atoms with Crippen molar-refractivity contribution in [1.82, 2.24) is 20.6 Å². The van der Waals surface area contributed by atoms with Crippen molar-refractivity contribution in [2.45, 2.75) is 46.3 Å². The number of aryl methyl sites for hydroxylation is 1. The summed E-state index contributed by atoms with van der Waals surface area (Å²) in [6.07, 6.45) is 0.638. The van der Waals surface area contributed by atoms with E-state index in [-0.39, 0.29) is 12.5 Å². The van der Waals surface area contributed by atoms with E-state index in [0.29, 0.717) is 5.82 Å². The molecule has 0 aliphatic rings. The highest BCUT2D eigenvalue weighted by Gasteiger charge is 2.20. The van der Waals surface area contributed by atoms with E-state index in [1.807, 2.05) is 13.8 Å². The first kappa shape index (κ1) is 19.8. The number of nitrogens with zero attached hydrogens (tertiary/aromatic N) is 2. The lowest BCUT2D eigenvalue weighted by molar-refractivity contribution is -0.0557. The Kier molecular flexibility index (Phi) is 7.02. The summed E-state index contributed by atoms with van der Waals surface area (Å²) in [5.74, 6) is 0.513. The van der Waals surface area contributed by atoms with Crippen molar-refractivity contribution in [2.75, 3.05) is 11.9 Å². The van der Waals surface area contributed by atoms with Crippen LogP contribution in [0.5, 0.6) is 0 Å². The molecule has 0 saturated heterocycles. The Bertz CT molecular complexity index is 550. The summed E-state index contributed by atoms with van der Waals surface area (Å²) in [6, 6.07) is 1.28. The molecule has 24 heavy (non-hydrogen) atoms. The number of nitrogens with one attached hydrogen (secondary N) is 3. The van der Waals surface area contributed by atoms with Crippen LogP contribution in [0.15, 0.2) is 12.3 Å². The average Bonchev–Trinajstić information content (AvgIpc) is 2.81. The zero-order valence-corrected chi connectivity index (χ0v) is 15.0. The fraction of sp³-hybridized carbons (Fsp3) is 0.667. The van der Waals surface area contributed by atoms with Crippen molar-refractivity contribution in [3.8, 4) is 0 Å². The van der Waals surface area contributed by atoms with Crippen molar-refractivity contribution in [2.24, 2.45) is 13.0 Å². The summed E-state index contributed by atoms with van der Waals surface area (Å²) in [6.45, 7) is 9.33. The Labute approximate surface area is 142 Å². The molecule has 1 aromatic heterocycles. The van der Waals surface area contributed by atoms with Gasteiger partial charge in [-0.2, -0.15) is 10.6 Å². The SMILES string of the molecule is CC(C)[C@H](CNC(=O)Nc1ccn(C)n1)ONC(=O)OC(C)(C)C. The molecule has 1 heterocycles. The first-order chi connectivity index (χ1) is 11.1. The Balaban J connectivity index is 2.40. The van der Waals surface area contributed by atoms with E-state index in [4.69, 9.17) is 9.57 Å². The minimum absolute atomic E-state index is 0.0649. The van der Waals surface area contributed by atoms with Crippen LogP contribution >= 0.6 is 0 Å². The summed E-state index contributed by atoms with van der Waals surface area (Å²) >= 11 is 0. The molecule has 3 N–H and O–H groups in total. The van der Waals surface area contributed by atoms with Crippen LogP contribution in [0.1, 0.15) is 34.6 Å². The maximum Gasteiger partial charge on any atom is 0.431 e.